The highest BCUT2D eigenvalue weighted by Crippen LogP contribution is 2.19. The molecule has 6 nitrogen and oxygen atoms in total. The van der Waals surface area contributed by atoms with Crippen LogP contribution in [0.1, 0.15) is 406 Å². The Kier molecular flexibility index (Phi) is 67.4. The molecule has 0 fully saturated rings. The van der Waals surface area contributed by atoms with Crippen LogP contribution in [0.15, 0.2) is 24.3 Å². The Morgan fingerprint density at radius 2 is 0.595 bits per heavy atom. The van der Waals surface area contributed by atoms with Crippen molar-refractivity contribution in [1.82, 2.24) is 5.32 Å². The largest absolute Gasteiger partial charge is 0.466 e. The van der Waals surface area contributed by atoms with Gasteiger partial charge in [0.15, 0.2) is 0 Å². The fourth-order valence-electron chi connectivity index (χ4n) is 11.5. The van der Waals surface area contributed by atoms with Gasteiger partial charge in [0.1, 0.15) is 0 Å². The van der Waals surface area contributed by atoms with Crippen LogP contribution >= 0.6 is 0 Å². The number of hydrogen-bond acceptors (Lipinski definition) is 5. The van der Waals surface area contributed by atoms with E-state index in [1.807, 2.05) is 0 Å². The van der Waals surface area contributed by atoms with E-state index in [2.05, 4.69) is 43.5 Å². The number of amides is 1. The van der Waals surface area contributed by atoms with Gasteiger partial charge in [-0.3, -0.25) is 9.59 Å². The van der Waals surface area contributed by atoms with E-state index in [9.17, 15) is 19.8 Å². The number of aliphatic hydroxyl groups excluding tert-OH is 2. The SMILES string of the molecule is CCCCCCCCC/C=C\CCCCCCCC(=O)OCCCCCCCCCCCCC/C=C\CCCCCCCCCC(=O)NC(CO)C(O)CCCCCCCCCCCCCCCCCCCCCCCCCC. The van der Waals surface area contributed by atoms with Crippen molar-refractivity contribution in [2.75, 3.05) is 13.2 Å². The van der Waals surface area contributed by atoms with Crippen LogP contribution in [0.25, 0.3) is 0 Å². The third-order valence-corrected chi connectivity index (χ3v) is 17.0. The van der Waals surface area contributed by atoms with Crippen LogP contribution in [-0.4, -0.2) is 47.4 Å². The number of rotatable bonds is 68. The zero-order chi connectivity index (χ0) is 57.1. The molecule has 2 unspecified atom stereocenters. The normalized spacial score (nSPS) is 12.6. The van der Waals surface area contributed by atoms with Gasteiger partial charge in [-0.15, -0.1) is 0 Å². The highest BCUT2D eigenvalue weighted by atomic mass is 16.5. The average molecular weight is 1110 g/mol. The zero-order valence-electron chi connectivity index (χ0n) is 53.6. The molecule has 0 aliphatic carbocycles. The van der Waals surface area contributed by atoms with Gasteiger partial charge in [-0.1, -0.05) is 340 Å². The Balaban J connectivity index is 3.41. The molecule has 0 aromatic carbocycles. The number of nitrogens with one attached hydrogen (secondary N) is 1. The van der Waals surface area contributed by atoms with Crippen molar-refractivity contribution < 1.29 is 24.5 Å². The summed E-state index contributed by atoms with van der Waals surface area (Å²) in [6, 6.07) is -0.548. The lowest BCUT2D eigenvalue weighted by Crippen LogP contribution is -2.45. The minimum atomic E-state index is -0.670. The highest BCUT2D eigenvalue weighted by Gasteiger charge is 2.20. The highest BCUT2D eigenvalue weighted by molar-refractivity contribution is 5.76. The number of aliphatic hydroxyl groups is 2. The van der Waals surface area contributed by atoms with E-state index in [4.69, 9.17) is 4.74 Å². The van der Waals surface area contributed by atoms with Crippen LogP contribution in [0.4, 0.5) is 0 Å². The molecule has 0 bridgehead atoms. The van der Waals surface area contributed by atoms with Gasteiger partial charge < -0.3 is 20.3 Å². The van der Waals surface area contributed by atoms with E-state index < -0.39 is 12.1 Å². The summed E-state index contributed by atoms with van der Waals surface area (Å²) in [6.45, 7) is 4.98. The molecular formula is C73H141NO5. The van der Waals surface area contributed by atoms with Gasteiger partial charge in [0.05, 0.1) is 25.4 Å². The Morgan fingerprint density at radius 3 is 0.899 bits per heavy atom. The molecule has 0 rings (SSSR count). The van der Waals surface area contributed by atoms with Gasteiger partial charge in [0.25, 0.3) is 0 Å². The Bertz CT molecular complexity index is 1230. The van der Waals surface area contributed by atoms with E-state index in [0.29, 0.717) is 25.9 Å². The number of ether oxygens (including phenoxy) is 1. The molecule has 6 heteroatoms. The number of carbonyl (C=O) groups is 2. The standard InChI is InChI=1S/C73H141NO5/c1-3-5-7-9-11-13-15-17-19-21-22-23-24-25-28-31-34-37-41-45-49-53-57-61-65-71(76)70(69-75)74-72(77)66-62-58-54-50-46-42-38-35-32-29-26-27-30-33-36-40-44-48-52-56-60-64-68-79-73(78)67-63-59-55-51-47-43-39-20-18-16-14-12-10-8-6-4-2/h20,29,32,39,70-71,75-76H,3-19,21-28,30-31,33-38,40-69H2,1-2H3,(H,74,77)/b32-29-,39-20-. The maximum absolute atomic E-state index is 12.6. The van der Waals surface area contributed by atoms with E-state index in [1.54, 1.807) is 0 Å². The Hall–Kier alpha value is -1.66. The second-order valence-corrected chi connectivity index (χ2v) is 24.9. The minimum absolute atomic E-state index is 0.00366. The summed E-state index contributed by atoms with van der Waals surface area (Å²) in [7, 11) is 0. The maximum Gasteiger partial charge on any atom is 0.305 e. The molecule has 0 heterocycles. The van der Waals surface area contributed by atoms with Crippen molar-refractivity contribution in [3.63, 3.8) is 0 Å². The summed E-state index contributed by atoms with van der Waals surface area (Å²) in [5.74, 6) is -0.0337. The number of esters is 1. The first kappa shape index (κ1) is 77.3. The maximum atomic E-state index is 12.6. The second kappa shape index (κ2) is 68.8. The molecule has 79 heavy (non-hydrogen) atoms. The van der Waals surface area contributed by atoms with Gasteiger partial charge in [-0.2, -0.15) is 0 Å². The lowest BCUT2D eigenvalue weighted by Gasteiger charge is -2.22. The Labute approximate surface area is 494 Å². The first-order chi connectivity index (χ1) is 39.0. The fourth-order valence-corrected chi connectivity index (χ4v) is 11.5. The number of carbonyl (C=O) groups excluding carboxylic acids is 2. The van der Waals surface area contributed by atoms with E-state index in [1.165, 1.54) is 327 Å². The summed E-state index contributed by atoms with van der Waals surface area (Å²) < 4.78 is 5.49. The molecule has 0 radical (unpaired) electrons. The van der Waals surface area contributed by atoms with Gasteiger partial charge in [-0.25, -0.2) is 0 Å². The first-order valence-electron chi connectivity index (χ1n) is 36.1. The predicted octanol–water partition coefficient (Wildman–Crippen LogP) is 23.3. The topological polar surface area (TPSA) is 95.9 Å². The summed E-state index contributed by atoms with van der Waals surface area (Å²) >= 11 is 0. The molecule has 0 aromatic rings. The smallest absolute Gasteiger partial charge is 0.305 e. The molecular weight excluding hydrogens is 971 g/mol. The third kappa shape index (κ3) is 65.4. The molecule has 0 aliphatic heterocycles. The minimum Gasteiger partial charge on any atom is -0.466 e. The van der Waals surface area contributed by atoms with Crippen LogP contribution in [0.5, 0.6) is 0 Å². The number of unbranched alkanes of at least 4 members (excludes halogenated alkanes) is 53. The third-order valence-electron chi connectivity index (χ3n) is 17.0. The van der Waals surface area contributed by atoms with Gasteiger partial charge >= 0.3 is 5.97 Å². The van der Waals surface area contributed by atoms with E-state index >= 15 is 0 Å². The molecule has 0 saturated carbocycles. The predicted molar refractivity (Wildman–Crippen MR) is 347 cm³/mol. The van der Waals surface area contributed by atoms with Gasteiger partial charge in [-0.05, 0) is 77.0 Å². The second-order valence-electron chi connectivity index (χ2n) is 24.9. The summed E-state index contributed by atoms with van der Waals surface area (Å²) in [5, 5.41) is 23.4. The molecule has 0 saturated heterocycles. The molecule has 0 aliphatic rings. The molecule has 0 aromatic heterocycles. The van der Waals surface area contributed by atoms with Crippen LogP contribution in [-0.2, 0) is 14.3 Å². The molecule has 3 N–H and O–H groups in total. The van der Waals surface area contributed by atoms with Crippen molar-refractivity contribution >= 4 is 11.9 Å². The number of allylic oxidation sites excluding steroid dienone is 4. The summed E-state index contributed by atoms with van der Waals surface area (Å²) in [4.78, 5) is 24.6. The van der Waals surface area contributed by atoms with Crippen LogP contribution < -0.4 is 5.32 Å². The van der Waals surface area contributed by atoms with Crippen molar-refractivity contribution in [2.24, 2.45) is 0 Å². The summed E-state index contributed by atoms with van der Waals surface area (Å²) in [5.41, 5.74) is 0. The van der Waals surface area contributed by atoms with Crippen molar-refractivity contribution in [2.45, 2.75) is 418 Å². The number of hydrogen-bond donors (Lipinski definition) is 3. The Morgan fingerprint density at radius 1 is 0.342 bits per heavy atom. The summed E-state index contributed by atoms with van der Waals surface area (Å²) in [6.07, 6.45) is 86.5. The average Bonchev–Trinajstić information content (AvgIpc) is 3.45. The van der Waals surface area contributed by atoms with Gasteiger partial charge in [0.2, 0.25) is 5.91 Å². The lowest BCUT2D eigenvalue weighted by molar-refractivity contribution is -0.143. The first-order valence-corrected chi connectivity index (χ1v) is 36.1. The molecule has 1 amide bonds. The van der Waals surface area contributed by atoms with Gasteiger partial charge in [0, 0.05) is 12.8 Å². The molecule has 0 spiro atoms. The lowest BCUT2D eigenvalue weighted by atomic mass is 10.0. The van der Waals surface area contributed by atoms with Crippen LogP contribution in [0.3, 0.4) is 0 Å². The zero-order valence-corrected chi connectivity index (χ0v) is 53.6. The quantitative estimate of drug-likeness (QED) is 0.0320. The fraction of sp³-hybridized carbons (Fsp3) is 0.918. The van der Waals surface area contributed by atoms with Crippen molar-refractivity contribution in [3.05, 3.63) is 24.3 Å². The molecule has 468 valence electrons. The van der Waals surface area contributed by atoms with E-state index in [-0.39, 0.29) is 18.5 Å². The van der Waals surface area contributed by atoms with E-state index in [0.717, 1.165) is 44.9 Å². The van der Waals surface area contributed by atoms with Crippen LogP contribution in [0, 0.1) is 0 Å². The van der Waals surface area contributed by atoms with Crippen molar-refractivity contribution in [1.29, 1.82) is 0 Å². The van der Waals surface area contributed by atoms with Crippen molar-refractivity contribution in [3.8, 4) is 0 Å². The molecule has 2 atom stereocenters. The van der Waals surface area contributed by atoms with Crippen LogP contribution in [0.2, 0.25) is 0 Å². The monoisotopic (exact) mass is 1110 g/mol.